The van der Waals surface area contributed by atoms with Crippen molar-refractivity contribution in [1.29, 1.82) is 0 Å². The minimum absolute atomic E-state index is 0.312. The van der Waals surface area contributed by atoms with E-state index in [0.717, 1.165) is 19.0 Å². The predicted molar refractivity (Wildman–Crippen MR) is 106 cm³/mol. The Labute approximate surface area is 162 Å². The molecule has 4 nitrogen and oxygen atoms in total. The molecule has 2 saturated heterocycles. The zero-order valence-corrected chi connectivity index (χ0v) is 16.4. The molecule has 1 amide bonds. The van der Waals surface area contributed by atoms with Crippen molar-refractivity contribution < 1.29 is 9.53 Å². The van der Waals surface area contributed by atoms with Gasteiger partial charge in [-0.3, -0.25) is 4.79 Å². The Bertz CT molecular complexity index is 685. The first-order valence-corrected chi connectivity index (χ1v) is 10.9. The van der Waals surface area contributed by atoms with E-state index in [1.807, 2.05) is 4.90 Å². The van der Waals surface area contributed by atoms with Gasteiger partial charge < -0.3 is 14.5 Å². The zero-order chi connectivity index (χ0) is 18.3. The van der Waals surface area contributed by atoms with Crippen molar-refractivity contribution >= 4 is 5.91 Å². The highest BCUT2D eigenvalue weighted by Crippen LogP contribution is 2.53. The fourth-order valence-corrected chi connectivity index (χ4v) is 5.66. The fourth-order valence-electron chi connectivity index (χ4n) is 5.66. The van der Waals surface area contributed by atoms with Crippen LogP contribution in [0.1, 0.15) is 55.6 Å². The number of nitrogens with zero attached hydrogens (tertiary/aromatic N) is 2. The van der Waals surface area contributed by atoms with Crippen LogP contribution in [0, 0.1) is 5.92 Å². The van der Waals surface area contributed by atoms with Gasteiger partial charge in [-0.1, -0.05) is 24.3 Å². The average molecular weight is 369 g/mol. The van der Waals surface area contributed by atoms with Gasteiger partial charge in [0, 0.05) is 26.1 Å². The van der Waals surface area contributed by atoms with Gasteiger partial charge in [-0.05, 0) is 73.6 Å². The summed E-state index contributed by atoms with van der Waals surface area (Å²) in [6.07, 6.45) is 7.24. The molecular weight excluding hydrogens is 336 g/mol. The molecule has 2 aliphatic carbocycles. The Morgan fingerprint density at radius 2 is 1.81 bits per heavy atom. The third-order valence-corrected chi connectivity index (χ3v) is 7.42. The Kier molecular flexibility index (Phi) is 4.73. The summed E-state index contributed by atoms with van der Waals surface area (Å²) in [5.74, 6) is 1.70. The van der Waals surface area contributed by atoms with Crippen LogP contribution < -0.4 is 0 Å². The van der Waals surface area contributed by atoms with Crippen molar-refractivity contribution in [2.24, 2.45) is 5.92 Å². The van der Waals surface area contributed by atoms with Crippen molar-refractivity contribution in [2.75, 3.05) is 45.9 Å². The van der Waals surface area contributed by atoms with Crippen LogP contribution in [0.5, 0.6) is 0 Å². The molecule has 2 aliphatic heterocycles. The number of amides is 1. The summed E-state index contributed by atoms with van der Waals surface area (Å²) >= 11 is 0. The van der Waals surface area contributed by atoms with Crippen molar-refractivity contribution in [3.8, 4) is 0 Å². The van der Waals surface area contributed by atoms with Crippen molar-refractivity contribution in [2.45, 2.75) is 49.9 Å². The summed E-state index contributed by atoms with van der Waals surface area (Å²) in [4.78, 5) is 17.6. The Morgan fingerprint density at radius 3 is 2.56 bits per heavy atom. The van der Waals surface area contributed by atoms with Crippen LogP contribution >= 0.6 is 0 Å². The van der Waals surface area contributed by atoms with Crippen LogP contribution in [-0.4, -0.2) is 61.6 Å². The molecule has 1 saturated carbocycles. The predicted octanol–water partition coefficient (Wildman–Crippen LogP) is 3.17. The van der Waals surface area contributed by atoms with E-state index in [2.05, 4.69) is 29.2 Å². The topological polar surface area (TPSA) is 32.8 Å². The van der Waals surface area contributed by atoms with Gasteiger partial charge in [0.1, 0.15) is 0 Å². The number of fused-ring (bicyclic) bond motifs is 2. The molecule has 0 unspecified atom stereocenters. The minimum Gasteiger partial charge on any atom is -0.378 e. The zero-order valence-electron chi connectivity index (χ0n) is 16.4. The second kappa shape index (κ2) is 7.21. The quantitative estimate of drug-likeness (QED) is 0.818. The molecule has 0 aromatic heterocycles. The molecule has 1 aromatic rings. The number of hydrogen-bond acceptors (Lipinski definition) is 3. The molecule has 4 aliphatic rings. The molecule has 1 atom stereocenters. The number of morpholine rings is 1. The number of carbonyl (C=O) groups excluding carboxylic acids is 1. The summed E-state index contributed by atoms with van der Waals surface area (Å²) < 4.78 is 5.41. The minimum atomic E-state index is 0.312. The van der Waals surface area contributed by atoms with Gasteiger partial charge in [0.2, 0.25) is 5.91 Å². The van der Waals surface area contributed by atoms with Crippen LogP contribution in [0.25, 0.3) is 0 Å². The van der Waals surface area contributed by atoms with E-state index in [1.165, 1.54) is 57.3 Å². The number of hydrogen-bond donors (Lipinski definition) is 0. The summed E-state index contributed by atoms with van der Waals surface area (Å²) in [5, 5.41) is 0. The van der Waals surface area contributed by atoms with Crippen LogP contribution in [-0.2, 0) is 14.9 Å². The lowest BCUT2D eigenvalue weighted by Gasteiger charge is -2.40. The van der Waals surface area contributed by atoms with E-state index in [1.54, 1.807) is 5.56 Å². The molecule has 27 heavy (non-hydrogen) atoms. The summed E-state index contributed by atoms with van der Waals surface area (Å²) in [5.41, 5.74) is 3.32. The van der Waals surface area contributed by atoms with E-state index >= 15 is 0 Å². The van der Waals surface area contributed by atoms with Crippen molar-refractivity contribution in [3.63, 3.8) is 0 Å². The Balaban J connectivity index is 1.29. The first-order chi connectivity index (χ1) is 13.2. The molecule has 5 rings (SSSR count). The highest BCUT2D eigenvalue weighted by Gasteiger charge is 2.46. The molecule has 0 radical (unpaired) electrons. The van der Waals surface area contributed by atoms with Gasteiger partial charge in [-0.25, -0.2) is 0 Å². The lowest BCUT2D eigenvalue weighted by molar-refractivity contribution is -0.135. The number of carbonyl (C=O) groups is 1. The van der Waals surface area contributed by atoms with E-state index in [4.69, 9.17) is 4.74 Å². The standard InChI is InChI=1S/C23H32N2O2/c26-22(25-11-13-27-14-12-25)15-19-16-23(21-4-2-1-3-20(19)21)7-9-24(10-8-23)17-18-5-6-18/h1-4,18-19H,5-17H2/t19-/m0/s1. The SMILES string of the molecule is O=C(C[C@H]1CC2(CCN(CC3CC3)CC2)c2ccccc21)N1CCOCC1. The maximum Gasteiger partial charge on any atom is 0.223 e. The number of piperidine rings is 1. The van der Waals surface area contributed by atoms with E-state index in [-0.39, 0.29) is 0 Å². The van der Waals surface area contributed by atoms with Crippen LogP contribution in [0.15, 0.2) is 24.3 Å². The number of ether oxygens (including phenoxy) is 1. The Hall–Kier alpha value is -1.39. The van der Waals surface area contributed by atoms with E-state index in [0.29, 0.717) is 36.9 Å². The Morgan fingerprint density at radius 1 is 1.07 bits per heavy atom. The van der Waals surface area contributed by atoms with E-state index in [9.17, 15) is 4.79 Å². The van der Waals surface area contributed by atoms with E-state index < -0.39 is 0 Å². The fraction of sp³-hybridized carbons (Fsp3) is 0.696. The molecule has 146 valence electrons. The highest BCUT2D eigenvalue weighted by atomic mass is 16.5. The van der Waals surface area contributed by atoms with Crippen LogP contribution in [0.4, 0.5) is 0 Å². The molecule has 1 spiro atoms. The van der Waals surface area contributed by atoms with Gasteiger partial charge in [-0.15, -0.1) is 0 Å². The van der Waals surface area contributed by atoms with Crippen LogP contribution in [0.3, 0.4) is 0 Å². The third-order valence-electron chi connectivity index (χ3n) is 7.42. The van der Waals surface area contributed by atoms with Gasteiger partial charge in [-0.2, -0.15) is 0 Å². The van der Waals surface area contributed by atoms with Gasteiger partial charge in [0.15, 0.2) is 0 Å². The lowest BCUT2D eigenvalue weighted by Crippen LogP contribution is -2.43. The first-order valence-electron chi connectivity index (χ1n) is 10.9. The monoisotopic (exact) mass is 368 g/mol. The number of likely N-dealkylation sites (tertiary alicyclic amines) is 1. The van der Waals surface area contributed by atoms with Crippen molar-refractivity contribution in [3.05, 3.63) is 35.4 Å². The number of benzene rings is 1. The molecular formula is C23H32N2O2. The van der Waals surface area contributed by atoms with Gasteiger partial charge in [0.05, 0.1) is 13.2 Å². The van der Waals surface area contributed by atoms with Crippen molar-refractivity contribution in [1.82, 2.24) is 9.80 Å². The summed E-state index contributed by atoms with van der Waals surface area (Å²) in [7, 11) is 0. The van der Waals surface area contributed by atoms with Gasteiger partial charge in [0.25, 0.3) is 0 Å². The molecule has 0 bridgehead atoms. The second-order valence-corrected chi connectivity index (χ2v) is 9.21. The number of rotatable bonds is 4. The second-order valence-electron chi connectivity index (χ2n) is 9.21. The first kappa shape index (κ1) is 17.7. The summed E-state index contributed by atoms with van der Waals surface area (Å²) in [6, 6.07) is 9.00. The molecule has 0 N–H and O–H groups in total. The molecule has 3 fully saturated rings. The molecule has 1 aromatic carbocycles. The largest absolute Gasteiger partial charge is 0.378 e. The lowest BCUT2D eigenvalue weighted by atomic mass is 9.73. The molecule has 4 heteroatoms. The summed E-state index contributed by atoms with van der Waals surface area (Å²) in [6.45, 7) is 6.67. The highest BCUT2D eigenvalue weighted by molar-refractivity contribution is 5.77. The maximum absolute atomic E-state index is 12.9. The maximum atomic E-state index is 12.9. The molecule has 2 heterocycles. The van der Waals surface area contributed by atoms with Gasteiger partial charge >= 0.3 is 0 Å². The smallest absolute Gasteiger partial charge is 0.223 e. The normalized spacial score (nSPS) is 27.7. The average Bonchev–Trinajstić information content (AvgIpc) is 3.49. The van der Waals surface area contributed by atoms with Crippen LogP contribution in [0.2, 0.25) is 0 Å². The third kappa shape index (κ3) is 3.54.